The Morgan fingerprint density at radius 1 is 1.50 bits per heavy atom. The summed E-state index contributed by atoms with van der Waals surface area (Å²) in [4.78, 5) is 2.60. The van der Waals surface area contributed by atoms with Crippen molar-refractivity contribution < 1.29 is 4.74 Å². The van der Waals surface area contributed by atoms with Gasteiger partial charge < -0.3 is 10.1 Å². The summed E-state index contributed by atoms with van der Waals surface area (Å²) < 4.78 is 5.51. The predicted octanol–water partition coefficient (Wildman–Crippen LogP) is 0.849. The zero-order valence-electron chi connectivity index (χ0n) is 9.17. The van der Waals surface area contributed by atoms with E-state index < -0.39 is 0 Å². The first kappa shape index (κ1) is 10.4. The molecule has 3 heteroatoms. The van der Waals surface area contributed by atoms with Crippen LogP contribution < -0.4 is 5.32 Å². The Bertz CT molecular complexity index is 169. The quantitative estimate of drug-likeness (QED) is 0.727. The van der Waals surface area contributed by atoms with Crippen molar-refractivity contribution >= 4 is 0 Å². The molecule has 1 unspecified atom stereocenters. The van der Waals surface area contributed by atoms with Crippen LogP contribution in [0.15, 0.2) is 0 Å². The minimum atomic E-state index is 0.658. The number of nitrogens with one attached hydrogen (secondary N) is 1. The van der Waals surface area contributed by atoms with Crippen LogP contribution in [0.4, 0.5) is 0 Å². The molecule has 0 spiro atoms. The number of rotatable bonds is 3. The van der Waals surface area contributed by atoms with E-state index >= 15 is 0 Å². The molecular weight excluding hydrogens is 176 g/mol. The van der Waals surface area contributed by atoms with Gasteiger partial charge in [0.25, 0.3) is 0 Å². The molecule has 0 aromatic heterocycles. The molecule has 2 aliphatic heterocycles. The number of ether oxygens (including phenoxy) is 1. The summed E-state index contributed by atoms with van der Waals surface area (Å²) in [7, 11) is 0. The lowest BCUT2D eigenvalue weighted by atomic mass is 10.1. The van der Waals surface area contributed by atoms with Crippen molar-refractivity contribution in [3.63, 3.8) is 0 Å². The van der Waals surface area contributed by atoms with Gasteiger partial charge in [0.05, 0.1) is 13.2 Å². The minimum Gasteiger partial charge on any atom is -0.378 e. The second kappa shape index (κ2) is 5.10. The van der Waals surface area contributed by atoms with Gasteiger partial charge in [0.15, 0.2) is 0 Å². The standard InChI is InChI=1S/C11H22N2O/c1-2-11-9-14-7-6-13(11)8-10-4-3-5-12-10/h10-12H,2-9H2,1H3/t10-,11?/m0/s1. The molecule has 2 aliphatic rings. The summed E-state index contributed by atoms with van der Waals surface area (Å²) in [6.45, 7) is 7.67. The number of morpholine rings is 1. The highest BCUT2D eigenvalue weighted by molar-refractivity contribution is 4.82. The van der Waals surface area contributed by atoms with Gasteiger partial charge in [-0.1, -0.05) is 6.92 Å². The number of hydrogen-bond acceptors (Lipinski definition) is 3. The van der Waals surface area contributed by atoms with Gasteiger partial charge in [0.2, 0.25) is 0 Å². The molecule has 2 saturated heterocycles. The van der Waals surface area contributed by atoms with Gasteiger partial charge in [-0.05, 0) is 25.8 Å². The highest BCUT2D eigenvalue weighted by atomic mass is 16.5. The zero-order chi connectivity index (χ0) is 9.80. The Labute approximate surface area is 86.8 Å². The molecule has 82 valence electrons. The summed E-state index contributed by atoms with van der Waals surface area (Å²) in [5.74, 6) is 0. The van der Waals surface area contributed by atoms with E-state index in [0.29, 0.717) is 6.04 Å². The van der Waals surface area contributed by atoms with Gasteiger partial charge in [-0.25, -0.2) is 0 Å². The molecule has 0 aliphatic carbocycles. The van der Waals surface area contributed by atoms with Crippen LogP contribution in [0.2, 0.25) is 0 Å². The monoisotopic (exact) mass is 198 g/mol. The average Bonchev–Trinajstić information content (AvgIpc) is 2.71. The molecule has 2 atom stereocenters. The molecule has 14 heavy (non-hydrogen) atoms. The molecule has 2 rings (SSSR count). The van der Waals surface area contributed by atoms with Crippen molar-refractivity contribution in [3.8, 4) is 0 Å². The van der Waals surface area contributed by atoms with Crippen molar-refractivity contribution in [1.29, 1.82) is 0 Å². The van der Waals surface area contributed by atoms with Crippen molar-refractivity contribution in [1.82, 2.24) is 10.2 Å². The lowest BCUT2D eigenvalue weighted by Crippen LogP contribution is -2.49. The van der Waals surface area contributed by atoms with Crippen molar-refractivity contribution in [2.45, 2.75) is 38.3 Å². The lowest BCUT2D eigenvalue weighted by molar-refractivity contribution is -0.0117. The fourth-order valence-electron chi connectivity index (χ4n) is 2.50. The van der Waals surface area contributed by atoms with Gasteiger partial charge >= 0.3 is 0 Å². The van der Waals surface area contributed by atoms with Crippen LogP contribution in [-0.4, -0.2) is 49.8 Å². The fourth-order valence-corrected chi connectivity index (χ4v) is 2.50. The third-order valence-corrected chi connectivity index (χ3v) is 3.44. The van der Waals surface area contributed by atoms with E-state index in [9.17, 15) is 0 Å². The number of nitrogens with zero attached hydrogens (tertiary/aromatic N) is 1. The molecule has 2 heterocycles. The molecule has 2 fully saturated rings. The Hall–Kier alpha value is -0.120. The van der Waals surface area contributed by atoms with E-state index in [2.05, 4.69) is 17.1 Å². The van der Waals surface area contributed by atoms with Crippen LogP contribution in [0.3, 0.4) is 0 Å². The molecule has 3 nitrogen and oxygen atoms in total. The Morgan fingerprint density at radius 2 is 2.43 bits per heavy atom. The summed E-state index contributed by atoms with van der Waals surface area (Å²) in [6.07, 6.45) is 3.92. The molecule has 0 saturated carbocycles. The minimum absolute atomic E-state index is 0.658. The van der Waals surface area contributed by atoms with Gasteiger partial charge in [0.1, 0.15) is 0 Å². The lowest BCUT2D eigenvalue weighted by Gasteiger charge is -2.36. The first-order valence-corrected chi connectivity index (χ1v) is 5.95. The van der Waals surface area contributed by atoms with Gasteiger partial charge in [-0.2, -0.15) is 0 Å². The first-order chi connectivity index (χ1) is 6.90. The van der Waals surface area contributed by atoms with E-state index in [1.807, 2.05) is 0 Å². The second-order valence-electron chi connectivity index (χ2n) is 4.43. The third kappa shape index (κ3) is 2.47. The average molecular weight is 198 g/mol. The maximum Gasteiger partial charge on any atom is 0.0622 e. The van der Waals surface area contributed by atoms with Crippen molar-refractivity contribution in [2.75, 3.05) is 32.8 Å². The molecule has 0 bridgehead atoms. The highest BCUT2D eigenvalue weighted by Gasteiger charge is 2.25. The Morgan fingerprint density at radius 3 is 3.14 bits per heavy atom. The topological polar surface area (TPSA) is 24.5 Å². The maximum absolute atomic E-state index is 5.51. The van der Waals surface area contributed by atoms with Crippen LogP contribution in [0, 0.1) is 0 Å². The molecular formula is C11H22N2O. The van der Waals surface area contributed by atoms with E-state index in [-0.39, 0.29) is 0 Å². The van der Waals surface area contributed by atoms with E-state index in [1.54, 1.807) is 0 Å². The normalized spacial score (nSPS) is 34.9. The Kier molecular flexibility index (Phi) is 3.79. The molecule has 0 aromatic carbocycles. The smallest absolute Gasteiger partial charge is 0.0622 e. The SMILES string of the molecule is CCC1COCCN1C[C@@H]1CCCN1. The fraction of sp³-hybridized carbons (Fsp3) is 1.00. The van der Waals surface area contributed by atoms with Crippen molar-refractivity contribution in [2.24, 2.45) is 0 Å². The predicted molar refractivity (Wildman–Crippen MR) is 57.5 cm³/mol. The van der Waals surface area contributed by atoms with Crippen LogP contribution >= 0.6 is 0 Å². The van der Waals surface area contributed by atoms with Crippen LogP contribution in [0.25, 0.3) is 0 Å². The van der Waals surface area contributed by atoms with Gasteiger partial charge in [-0.15, -0.1) is 0 Å². The Balaban J connectivity index is 1.81. The molecule has 0 radical (unpaired) electrons. The summed E-state index contributed by atoms with van der Waals surface area (Å²) in [6, 6.07) is 1.40. The third-order valence-electron chi connectivity index (χ3n) is 3.44. The second-order valence-corrected chi connectivity index (χ2v) is 4.43. The first-order valence-electron chi connectivity index (χ1n) is 5.95. The van der Waals surface area contributed by atoms with Gasteiger partial charge in [-0.3, -0.25) is 4.90 Å². The van der Waals surface area contributed by atoms with Gasteiger partial charge in [0, 0.05) is 25.2 Å². The van der Waals surface area contributed by atoms with E-state index in [0.717, 1.165) is 25.8 Å². The van der Waals surface area contributed by atoms with Crippen LogP contribution in [0.1, 0.15) is 26.2 Å². The van der Waals surface area contributed by atoms with Crippen LogP contribution in [-0.2, 0) is 4.74 Å². The van der Waals surface area contributed by atoms with Crippen LogP contribution in [0.5, 0.6) is 0 Å². The molecule has 0 amide bonds. The largest absolute Gasteiger partial charge is 0.378 e. The maximum atomic E-state index is 5.51. The zero-order valence-corrected chi connectivity index (χ0v) is 9.17. The van der Waals surface area contributed by atoms with E-state index in [1.165, 1.54) is 32.4 Å². The summed E-state index contributed by atoms with van der Waals surface area (Å²) in [5, 5.41) is 3.57. The highest BCUT2D eigenvalue weighted by Crippen LogP contribution is 2.14. The molecule has 1 N–H and O–H groups in total. The molecule has 0 aromatic rings. The summed E-state index contributed by atoms with van der Waals surface area (Å²) >= 11 is 0. The summed E-state index contributed by atoms with van der Waals surface area (Å²) in [5.41, 5.74) is 0. The van der Waals surface area contributed by atoms with E-state index in [4.69, 9.17) is 4.74 Å². The number of hydrogen-bond donors (Lipinski definition) is 1. The van der Waals surface area contributed by atoms with Crippen molar-refractivity contribution in [3.05, 3.63) is 0 Å².